The van der Waals surface area contributed by atoms with Gasteiger partial charge in [-0.05, 0) is 42.3 Å². The Hall–Kier alpha value is -3.20. The highest BCUT2D eigenvalue weighted by atomic mass is 16.2. The smallest absolute Gasteiger partial charge is 0.254 e. The Balaban J connectivity index is 1.53. The molecule has 2 aliphatic heterocycles. The molecule has 0 aliphatic carbocycles. The number of likely N-dealkylation sites (tertiary alicyclic amines) is 2. The van der Waals surface area contributed by atoms with Gasteiger partial charge in [-0.25, -0.2) is 0 Å². The van der Waals surface area contributed by atoms with Crippen molar-refractivity contribution < 1.29 is 9.59 Å². The number of hydrogen-bond donors (Lipinski definition) is 0. The van der Waals surface area contributed by atoms with Crippen molar-refractivity contribution in [2.24, 2.45) is 0 Å². The lowest BCUT2D eigenvalue weighted by Gasteiger charge is -2.25. The van der Waals surface area contributed by atoms with Gasteiger partial charge in [-0.2, -0.15) is 5.26 Å². The van der Waals surface area contributed by atoms with Gasteiger partial charge in [-0.15, -0.1) is 0 Å². The van der Waals surface area contributed by atoms with Crippen LogP contribution < -0.4 is 0 Å². The third kappa shape index (κ3) is 2.82. The molecule has 0 spiro atoms. The van der Waals surface area contributed by atoms with Gasteiger partial charge in [-0.3, -0.25) is 14.6 Å². The summed E-state index contributed by atoms with van der Waals surface area (Å²) in [5.41, 5.74) is 2.01. The minimum atomic E-state index is -0.104. The minimum Gasteiger partial charge on any atom is -0.333 e. The molecule has 26 heavy (non-hydrogen) atoms. The number of pyridine rings is 1. The summed E-state index contributed by atoms with van der Waals surface area (Å²) in [6.45, 7) is 1.18. The van der Waals surface area contributed by atoms with Crippen LogP contribution in [0.25, 0.3) is 0 Å². The maximum absolute atomic E-state index is 12.9. The van der Waals surface area contributed by atoms with Gasteiger partial charge in [0, 0.05) is 37.5 Å². The average Bonchev–Trinajstić information content (AvgIpc) is 3.22. The van der Waals surface area contributed by atoms with Crippen LogP contribution in [0.2, 0.25) is 0 Å². The number of rotatable bonds is 3. The SMILES string of the molecule is N#Cc1cccc(C(=O)N2CC[C@@H]3[C@@H]2CC(=O)N3Cc2ccncc2)c1. The van der Waals surface area contributed by atoms with E-state index >= 15 is 0 Å². The second-order valence-electron chi connectivity index (χ2n) is 6.70. The van der Waals surface area contributed by atoms with Crippen molar-refractivity contribution in [1.82, 2.24) is 14.8 Å². The maximum Gasteiger partial charge on any atom is 0.254 e. The second-order valence-corrected chi connectivity index (χ2v) is 6.70. The van der Waals surface area contributed by atoms with Crippen LogP contribution in [0.15, 0.2) is 48.8 Å². The molecule has 3 heterocycles. The maximum atomic E-state index is 12.9. The highest BCUT2D eigenvalue weighted by molar-refractivity contribution is 5.96. The van der Waals surface area contributed by atoms with Crippen molar-refractivity contribution in [1.29, 1.82) is 5.26 Å². The molecule has 6 heteroatoms. The van der Waals surface area contributed by atoms with E-state index in [9.17, 15) is 9.59 Å². The summed E-state index contributed by atoms with van der Waals surface area (Å²) in [5.74, 6) is -0.0201. The minimum absolute atomic E-state index is 0.0544. The summed E-state index contributed by atoms with van der Waals surface area (Å²) < 4.78 is 0. The van der Waals surface area contributed by atoms with Crippen LogP contribution >= 0.6 is 0 Å². The summed E-state index contributed by atoms with van der Waals surface area (Å²) in [6.07, 6.45) is 4.59. The first-order valence-corrected chi connectivity index (χ1v) is 8.67. The highest BCUT2D eigenvalue weighted by Crippen LogP contribution is 2.34. The first-order chi connectivity index (χ1) is 12.7. The van der Waals surface area contributed by atoms with Crippen LogP contribution in [0.3, 0.4) is 0 Å². The van der Waals surface area contributed by atoms with Gasteiger partial charge in [0.25, 0.3) is 5.91 Å². The molecule has 0 radical (unpaired) electrons. The van der Waals surface area contributed by atoms with E-state index in [4.69, 9.17) is 5.26 Å². The number of fused-ring (bicyclic) bond motifs is 1. The number of carbonyl (C=O) groups excluding carboxylic acids is 2. The summed E-state index contributed by atoms with van der Waals surface area (Å²) in [6, 6.07) is 12.6. The molecule has 1 aromatic heterocycles. The number of aromatic nitrogens is 1. The van der Waals surface area contributed by atoms with Gasteiger partial charge >= 0.3 is 0 Å². The summed E-state index contributed by atoms with van der Waals surface area (Å²) >= 11 is 0. The van der Waals surface area contributed by atoms with Crippen molar-refractivity contribution in [3.05, 3.63) is 65.5 Å². The fraction of sp³-hybridized carbons (Fsp3) is 0.300. The number of nitrogens with zero attached hydrogens (tertiary/aromatic N) is 4. The molecule has 2 atom stereocenters. The lowest BCUT2D eigenvalue weighted by atomic mass is 10.1. The quantitative estimate of drug-likeness (QED) is 0.851. The van der Waals surface area contributed by atoms with Crippen molar-refractivity contribution in [2.45, 2.75) is 31.5 Å². The van der Waals surface area contributed by atoms with E-state index in [0.717, 1.165) is 12.0 Å². The van der Waals surface area contributed by atoms with E-state index < -0.39 is 0 Å². The fourth-order valence-corrected chi connectivity index (χ4v) is 3.96. The van der Waals surface area contributed by atoms with Crippen molar-refractivity contribution in [2.75, 3.05) is 6.54 Å². The molecule has 2 fully saturated rings. The Morgan fingerprint density at radius 3 is 2.81 bits per heavy atom. The molecular weight excluding hydrogens is 328 g/mol. The van der Waals surface area contributed by atoms with Crippen LogP contribution in [0.1, 0.15) is 34.3 Å². The Morgan fingerprint density at radius 1 is 1.23 bits per heavy atom. The topological polar surface area (TPSA) is 77.3 Å². The van der Waals surface area contributed by atoms with Crippen molar-refractivity contribution in [3.8, 4) is 6.07 Å². The van der Waals surface area contributed by atoms with Crippen LogP contribution in [-0.2, 0) is 11.3 Å². The summed E-state index contributed by atoms with van der Waals surface area (Å²) in [7, 11) is 0. The lowest BCUT2D eigenvalue weighted by molar-refractivity contribution is -0.129. The first-order valence-electron chi connectivity index (χ1n) is 8.67. The Bertz CT molecular complexity index is 890. The van der Waals surface area contributed by atoms with Crippen LogP contribution in [0, 0.1) is 11.3 Å². The number of nitriles is 1. The third-order valence-electron chi connectivity index (χ3n) is 5.22. The molecule has 130 valence electrons. The fourth-order valence-electron chi connectivity index (χ4n) is 3.96. The van der Waals surface area contributed by atoms with Crippen molar-refractivity contribution in [3.63, 3.8) is 0 Å². The van der Waals surface area contributed by atoms with Crippen LogP contribution in [0.4, 0.5) is 0 Å². The van der Waals surface area contributed by atoms with Gasteiger partial charge in [0.05, 0.1) is 23.7 Å². The molecule has 0 saturated carbocycles. The number of benzene rings is 1. The number of amides is 2. The van der Waals surface area contributed by atoms with Gasteiger partial charge in [0.1, 0.15) is 0 Å². The van der Waals surface area contributed by atoms with E-state index in [2.05, 4.69) is 11.1 Å². The molecule has 0 N–H and O–H groups in total. The van der Waals surface area contributed by atoms with Gasteiger partial charge in [-0.1, -0.05) is 6.07 Å². The predicted octanol–water partition coefficient (Wildman–Crippen LogP) is 1.97. The standard InChI is InChI=1S/C20H18N4O2/c21-12-15-2-1-3-16(10-15)20(26)23-9-6-17-18(23)11-19(25)24(17)13-14-4-7-22-8-5-14/h1-5,7-8,10,17-18H,6,9,11,13H2/t17-,18+/m1/s1. The van der Waals surface area contributed by atoms with Gasteiger partial charge in [0.2, 0.25) is 5.91 Å². The van der Waals surface area contributed by atoms with E-state index in [0.29, 0.717) is 30.6 Å². The first kappa shape index (κ1) is 16.3. The van der Waals surface area contributed by atoms with E-state index in [1.807, 2.05) is 17.0 Å². The third-order valence-corrected chi connectivity index (χ3v) is 5.22. The molecular formula is C20H18N4O2. The molecule has 6 nitrogen and oxygen atoms in total. The zero-order valence-corrected chi connectivity index (χ0v) is 14.2. The zero-order chi connectivity index (χ0) is 18.1. The Labute approximate surface area is 151 Å². The Morgan fingerprint density at radius 2 is 2.04 bits per heavy atom. The van der Waals surface area contributed by atoms with E-state index in [-0.39, 0.29) is 23.9 Å². The Kier molecular flexibility index (Phi) is 4.13. The second kappa shape index (κ2) is 6.60. The molecule has 0 unspecified atom stereocenters. The van der Waals surface area contributed by atoms with Crippen LogP contribution in [-0.4, -0.2) is 45.2 Å². The highest BCUT2D eigenvalue weighted by Gasteiger charge is 2.48. The predicted molar refractivity (Wildman–Crippen MR) is 93.8 cm³/mol. The molecule has 2 saturated heterocycles. The molecule has 2 aromatic rings. The summed E-state index contributed by atoms with van der Waals surface area (Å²) in [4.78, 5) is 33.1. The molecule has 4 rings (SSSR count). The summed E-state index contributed by atoms with van der Waals surface area (Å²) in [5, 5.41) is 9.04. The lowest BCUT2D eigenvalue weighted by Crippen LogP contribution is -2.39. The van der Waals surface area contributed by atoms with Crippen molar-refractivity contribution >= 4 is 11.8 Å². The van der Waals surface area contributed by atoms with Gasteiger partial charge in [0.15, 0.2) is 0 Å². The monoisotopic (exact) mass is 346 g/mol. The molecule has 2 aliphatic rings. The normalized spacial score (nSPS) is 21.6. The number of carbonyl (C=O) groups is 2. The largest absolute Gasteiger partial charge is 0.333 e. The number of hydrogen-bond acceptors (Lipinski definition) is 4. The van der Waals surface area contributed by atoms with E-state index in [1.165, 1.54) is 0 Å². The van der Waals surface area contributed by atoms with E-state index in [1.54, 1.807) is 41.6 Å². The molecule has 1 aromatic carbocycles. The average molecular weight is 346 g/mol. The molecule has 0 bridgehead atoms. The van der Waals surface area contributed by atoms with Gasteiger partial charge < -0.3 is 9.80 Å². The zero-order valence-electron chi connectivity index (χ0n) is 14.2. The van der Waals surface area contributed by atoms with Crippen LogP contribution in [0.5, 0.6) is 0 Å². The molecule has 2 amide bonds.